The Morgan fingerprint density at radius 2 is 1.68 bits per heavy atom. The van der Waals surface area contributed by atoms with Crippen LogP contribution in [0.2, 0.25) is 0 Å². The van der Waals surface area contributed by atoms with Crippen LogP contribution >= 0.6 is 0 Å². The van der Waals surface area contributed by atoms with Crippen LogP contribution in [0.5, 0.6) is 17.2 Å². The smallest absolute Gasteiger partial charge is 0.258 e. The molecular formula is C19H18N2O4. The minimum absolute atomic E-state index is 0.129. The fraction of sp³-hybridized carbons (Fsp3) is 0.158. The highest BCUT2D eigenvalue weighted by molar-refractivity contribution is 5.72. The van der Waals surface area contributed by atoms with Gasteiger partial charge in [0.2, 0.25) is 5.75 Å². The molecular weight excluding hydrogens is 320 g/mol. The maximum atomic E-state index is 12.1. The molecule has 3 rings (SSSR count). The number of nitrogens with zero attached hydrogens (tertiary/aromatic N) is 2. The molecule has 0 bridgehead atoms. The molecule has 3 aromatic rings. The fourth-order valence-electron chi connectivity index (χ4n) is 2.54. The molecule has 0 aliphatic heterocycles. The first-order valence-electron chi connectivity index (χ1n) is 7.63. The van der Waals surface area contributed by atoms with Crippen LogP contribution < -0.4 is 19.8 Å². The lowest BCUT2D eigenvalue weighted by Gasteiger charge is -2.12. The van der Waals surface area contributed by atoms with E-state index in [1.165, 1.54) is 10.5 Å². The second-order valence-corrected chi connectivity index (χ2v) is 5.24. The van der Waals surface area contributed by atoms with Crippen molar-refractivity contribution in [2.45, 2.75) is 0 Å². The lowest BCUT2D eigenvalue weighted by Crippen LogP contribution is -2.13. The van der Waals surface area contributed by atoms with Gasteiger partial charge in [0.1, 0.15) is 5.65 Å². The zero-order valence-electron chi connectivity index (χ0n) is 14.2. The van der Waals surface area contributed by atoms with Crippen molar-refractivity contribution < 1.29 is 14.2 Å². The van der Waals surface area contributed by atoms with Crippen LogP contribution in [0.25, 0.3) is 17.8 Å². The molecule has 128 valence electrons. The van der Waals surface area contributed by atoms with Gasteiger partial charge in [-0.15, -0.1) is 0 Å². The van der Waals surface area contributed by atoms with Crippen molar-refractivity contribution in [1.82, 2.24) is 9.38 Å². The maximum absolute atomic E-state index is 12.1. The van der Waals surface area contributed by atoms with E-state index in [2.05, 4.69) is 4.98 Å². The molecule has 0 N–H and O–H groups in total. The third kappa shape index (κ3) is 3.33. The van der Waals surface area contributed by atoms with Gasteiger partial charge >= 0.3 is 0 Å². The summed E-state index contributed by atoms with van der Waals surface area (Å²) in [6.07, 6.45) is 5.30. The first-order valence-corrected chi connectivity index (χ1v) is 7.63. The van der Waals surface area contributed by atoms with Gasteiger partial charge in [-0.2, -0.15) is 0 Å². The maximum Gasteiger partial charge on any atom is 0.258 e. The molecule has 0 saturated carbocycles. The number of methoxy groups -OCH3 is 3. The topological polar surface area (TPSA) is 62.1 Å². The summed E-state index contributed by atoms with van der Waals surface area (Å²) in [5.41, 5.74) is 1.88. The first-order chi connectivity index (χ1) is 12.2. The second-order valence-electron chi connectivity index (χ2n) is 5.24. The van der Waals surface area contributed by atoms with Gasteiger partial charge in [0.05, 0.1) is 27.0 Å². The number of hydrogen-bond donors (Lipinski definition) is 0. The van der Waals surface area contributed by atoms with Gasteiger partial charge in [-0.05, 0) is 35.9 Å². The summed E-state index contributed by atoms with van der Waals surface area (Å²) < 4.78 is 17.5. The number of pyridine rings is 1. The normalized spacial score (nSPS) is 11.0. The van der Waals surface area contributed by atoms with Gasteiger partial charge in [-0.3, -0.25) is 9.20 Å². The Labute approximate surface area is 144 Å². The fourth-order valence-corrected chi connectivity index (χ4v) is 2.54. The first kappa shape index (κ1) is 16.6. The standard InChI is InChI=1S/C19H18N2O4/c1-23-15-10-13(11-16(24-2)19(15)25-3)7-8-14-12-18(22)21-9-5-4-6-17(21)20-14/h4-12H,1-3H3/b8-7+. The zero-order valence-corrected chi connectivity index (χ0v) is 14.2. The Morgan fingerprint density at radius 3 is 2.32 bits per heavy atom. The number of hydrogen-bond acceptors (Lipinski definition) is 5. The van der Waals surface area contributed by atoms with Gasteiger partial charge < -0.3 is 14.2 Å². The molecule has 2 heterocycles. The highest BCUT2D eigenvalue weighted by Gasteiger charge is 2.12. The summed E-state index contributed by atoms with van der Waals surface area (Å²) in [5.74, 6) is 1.66. The van der Waals surface area contributed by atoms with E-state index in [4.69, 9.17) is 14.2 Å². The van der Waals surface area contributed by atoms with Gasteiger partial charge in [-0.1, -0.05) is 12.1 Å². The van der Waals surface area contributed by atoms with Gasteiger partial charge in [0.25, 0.3) is 5.56 Å². The molecule has 0 unspecified atom stereocenters. The quantitative estimate of drug-likeness (QED) is 0.716. The average Bonchev–Trinajstić information content (AvgIpc) is 2.65. The number of fused-ring (bicyclic) bond motifs is 1. The summed E-state index contributed by atoms with van der Waals surface area (Å²) in [6.45, 7) is 0. The molecule has 0 aliphatic rings. The van der Waals surface area contributed by atoms with E-state index in [0.29, 0.717) is 28.6 Å². The van der Waals surface area contributed by atoms with E-state index < -0.39 is 0 Å². The Hall–Kier alpha value is -3.28. The van der Waals surface area contributed by atoms with Gasteiger partial charge in [0.15, 0.2) is 11.5 Å². The van der Waals surface area contributed by atoms with Crippen molar-refractivity contribution in [1.29, 1.82) is 0 Å². The Morgan fingerprint density at radius 1 is 0.960 bits per heavy atom. The van der Waals surface area contributed by atoms with Gasteiger partial charge in [0, 0.05) is 12.3 Å². The molecule has 25 heavy (non-hydrogen) atoms. The van der Waals surface area contributed by atoms with Crippen molar-refractivity contribution in [2.75, 3.05) is 21.3 Å². The van der Waals surface area contributed by atoms with Crippen LogP contribution in [0, 0.1) is 0 Å². The Kier molecular flexibility index (Phi) is 4.70. The van der Waals surface area contributed by atoms with E-state index >= 15 is 0 Å². The van der Waals surface area contributed by atoms with Crippen molar-refractivity contribution in [3.8, 4) is 17.2 Å². The van der Waals surface area contributed by atoms with E-state index in [0.717, 1.165) is 5.56 Å². The summed E-state index contributed by atoms with van der Waals surface area (Å²) in [4.78, 5) is 16.6. The largest absolute Gasteiger partial charge is 0.493 e. The molecule has 0 radical (unpaired) electrons. The zero-order chi connectivity index (χ0) is 17.8. The molecule has 1 aromatic carbocycles. The summed E-state index contributed by atoms with van der Waals surface area (Å²) in [6, 6.07) is 10.6. The molecule has 0 fully saturated rings. The highest BCUT2D eigenvalue weighted by atomic mass is 16.5. The minimum Gasteiger partial charge on any atom is -0.493 e. The Balaban J connectivity index is 2.01. The van der Waals surface area contributed by atoms with Crippen LogP contribution in [-0.4, -0.2) is 30.7 Å². The number of benzene rings is 1. The lowest BCUT2D eigenvalue weighted by atomic mass is 10.1. The minimum atomic E-state index is -0.129. The van der Waals surface area contributed by atoms with Crippen molar-refractivity contribution in [2.24, 2.45) is 0 Å². The molecule has 0 saturated heterocycles. The van der Waals surface area contributed by atoms with E-state index in [9.17, 15) is 4.79 Å². The van der Waals surface area contributed by atoms with E-state index in [-0.39, 0.29) is 5.56 Å². The molecule has 6 heteroatoms. The lowest BCUT2D eigenvalue weighted by molar-refractivity contribution is 0.324. The highest BCUT2D eigenvalue weighted by Crippen LogP contribution is 2.38. The monoisotopic (exact) mass is 338 g/mol. The Bertz CT molecular complexity index is 967. The SMILES string of the molecule is COc1cc(/C=C/c2cc(=O)n3ccccc3n2)cc(OC)c1OC. The van der Waals surface area contributed by atoms with Crippen molar-refractivity contribution >= 4 is 17.8 Å². The predicted molar refractivity (Wildman–Crippen MR) is 96.5 cm³/mol. The third-order valence-electron chi connectivity index (χ3n) is 3.72. The number of rotatable bonds is 5. The molecule has 0 atom stereocenters. The van der Waals surface area contributed by atoms with Crippen molar-refractivity contribution in [3.05, 3.63) is 64.2 Å². The van der Waals surface area contributed by atoms with Crippen molar-refractivity contribution in [3.63, 3.8) is 0 Å². The average molecular weight is 338 g/mol. The molecule has 0 amide bonds. The van der Waals surface area contributed by atoms with E-state index in [1.54, 1.807) is 45.7 Å². The van der Waals surface area contributed by atoms with Crippen LogP contribution in [0.15, 0.2) is 47.4 Å². The van der Waals surface area contributed by atoms with E-state index in [1.807, 2.05) is 24.3 Å². The number of aromatic nitrogens is 2. The van der Waals surface area contributed by atoms with Crippen LogP contribution in [0.3, 0.4) is 0 Å². The summed E-state index contributed by atoms with van der Waals surface area (Å²) >= 11 is 0. The third-order valence-corrected chi connectivity index (χ3v) is 3.72. The van der Waals surface area contributed by atoms with Gasteiger partial charge in [-0.25, -0.2) is 4.98 Å². The van der Waals surface area contributed by atoms with Crippen LogP contribution in [-0.2, 0) is 0 Å². The molecule has 0 aliphatic carbocycles. The number of ether oxygens (including phenoxy) is 3. The predicted octanol–water partition coefficient (Wildman–Crippen LogP) is 2.89. The molecule has 6 nitrogen and oxygen atoms in total. The summed E-state index contributed by atoms with van der Waals surface area (Å²) in [5, 5.41) is 0. The van der Waals surface area contributed by atoms with Crippen LogP contribution in [0.4, 0.5) is 0 Å². The molecule has 2 aromatic heterocycles. The molecule has 0 spiro atoms. The second kappa shape index (κ2) is 7.09. The van der Waals surface area contributed by atoms with Crippen LogP contribution in [0.1, 0.15) is 11.3 Å². The summed E-state index contributed by atoms with van der Waals surface area (Å²) in [7, 11) is 4.69.